The predicted molar refractivity (Wildman–Crippen MR) is 131 cm³/mol. The molecule has 32 heavy (non-hydrogen) atoms. The lowest BCUT2D eigenvalue weighted by Crippen LogP contribution is -2.39. The Morgan fingerprint density at radius 2 is 1.97 bits per heavy atom. The average molecular weight is 432 g/mol. The molecule has 0 radical (unpaired) electrons. The van der Waals surface area contributed by atoms with Crippen LogP contribution in [0.2, 0.25) is 0 Å². The van der Waals surface area contributed by atoms with Gasteiger partial charge in [0.2, 0.25) is 5.91 Å². The molecule has 1 aliphatic rings. The minimum absolute atomic E-state index is 0.182. The van der Waals surface area contributed by atoms with E-state index in [1.807, 2.05) is 36.9 Å². The van der Waals surface area contributed by atoms with Gasteiger partial charge in [-0.25, -0.2) is 0 Å². The van der Waals surface area contributed by atoms with E-state index in [0.717, 1.165) is 37.2 Å². The molecule has 0 saturated carbocycles. The lowest BCUT2D eigenvalue weighted by atomic mass is 9.86. The summed E-state index contributed by atoms with van der Waals surface area (Å²) in [6, 6.07) is 14.4. The Hall–Kier alpha value is -3.05. The third-order valence-electron chi connectivity index (χ3n) is 6.46. The first-order valence-corrected chi connectivity index (χ1v) is 11.6. The second kappa shape index (κ2) is 10.0. The number of aromatic nitrogens is 1. The molecule has 168 valence electrons. The molecule has 0 spiro atoms. The van der Waals surface area contributed by atoms with Gasteiger partial charge in [-0.2, -0.15) is 0 Å². The molecule has 0 aliphatic heterocycles. The first-order chi connectivity index (χ1) is 15.7. The van der Waals surface area contributed by atoms with E-state index in [9.17, 15) is 4.79 Å². The summed E-state index contributed by atoms with van der Waals surface area (Å²) < 4.78 is 5.47. The number of carbonyl (C=O) groups is 1. The number of methoxy groups -OCH3 is 1. The highest BCUT2D eigenvalue weighted by molar-refractivity contribution is 5.97. The Kier molecular flexibility index (Phi) is 6.96. The van der Waals surface area contributed by atoms with E-state index in [2.05, 4.69) is 46.8 Å². The fourth-order valence-electron chi connectivity index (χ4n) is 4.74. The minimum atomic E-state index is -0.213. The number of benzene rings is 2. The number of H-pyrrole nitrogens is 1. The second-order valence-corrected chi connectivity index (χ2v) is 8.29. The van der Waals surface area contributed by atoms with Gasteiger partial charge in [-0.15, -0.1) is 0 Å². The summed E-state index contributed by atoms with van der Waals surface area (Å²) in [4.78, 5) is 18.7. The molecule has 0 saturated heterocycles. The summed E-state index contributed by atoms with van der Waals surface area (Å²) >= 11 is 0. The number of nitrogens with zero attached hydrogens (tertiary/aromatic N) is 1. The highest BCUT2D eigenvalue weighted by Gasteiger charge is 2.24. The van der Waals surface area contributed by atoms with Gasteiger partial charge in [-0.1, -0.05) is 36.4 Å². The molecule has 4 rings (SSSR count). The summed E-state index contributed by atoms with van der Waals surface area (Å²) in [6.07, 6.45) is 6.29. The smallest absolute Gasteiger partial charge is 0.230 e. The number of hydrogen-bond acceptors (Lipinski definition) is 3. The fraction of sp³-hybridized carbons (Fsp3) is 0.370. The molecule has 3 aromatic rings. The van der Waals surface area contributed by atoms with E-state index in [1.54, 1.807) is 7.11 Å². The van der Waals surface area contributed by atoms with Crippen LogP contribution in [-0.2, 0) is 17.8 Å². The van der Waals surface area contributed by atoms with Crippen molar-refractivity contribution in [1.29, 1.82) is 0 Å². The number of aromatic amines is 1. The number of ether oxygens (including phenoxy) is 1. The van der Waals surface area contributed by atoms with Crippen LogP contribution in [0.3, 0.4) is 0 Å². The zero-order chi connectivity index (χ0) is 22.5. The van der Waals surface area contributed by atoms with Crippen LogP contribution in [0.4, 0.5) is 0 Å². The fourth-order valence-corrected chi connectivity index (χ4v) is 4.74. The number of amides is 1. The molecule has 2 aromatic carbocycles. The number of para-hydroxylation sites is 1. The summed E-state index contributed by atoms with van der Waals surface area (Å²) in [5.74, 6) is 0.835. The maximum Gasteiger partial charge on any atom is 0.230 e. The molecular formula is C27H33N3O2. The van der Waals surface area contributed by atoms with Gasteiger partial charge in [0.05, 0.1) is 13.0 Å². The van der Waals surface area contributed by atoms with Gasteiger partial charge < -0.3 is 19.9 Å². The molecule has 1 amide bonds. The van der Waals surface area contributed by atoms with E-state index < -0.39 is 0 Å². The molecule has 5 nitrogen and oxygen atoms in total. The highest BCUT2D eigenvalue weighted by atomic mass is 16.5. The molecule has 1 aromatic heterocycles. The Morgan fingerprint density at radius 1 is 1.16 bits per heavy atom. The van der Waals surface area contributed by atoms with Gasteiger partial charge in [0, 0.05) is 48.8 Å². The topological polar surface area (TPSA) is 57.4 Å². The lowest BCUT2D eigenvalue weighted by molar-refractivity contribution is -0.133. The predicted octanol–water partition coefficient (Wildman–Crippen LogP) is 4.78. The lowest BCUT2D eigenvalue weighted by Gasteiger charge is -2.25. The van der Waals surface area contributed by atoms with Crippen LogP contribution in [0, 0.1) is 5.92 Å². The Morgan fingerprint density at radius 3 is 2.75 bits per heavy atom. The number of hydrogen-bond donors (Lipinski definition) is 2. The van der Waals surface area contributed by atoms with Crippen LogP contribution < -0.4 is 10.1 Å². The van der Waals surface area contributed by atoms with Crippen molar-refractivity contribution >= 4 is 22.4 Å². The summed E-state index contributed by atoms with van der Waals surface area (Å²) in [5.41, 5.74) is 6.16. The third-order valence-corrected chi connectivity index (χ3v) is 6.46. The van der Waals surface area contributed by atoms with Crippen molar-refractivity contribution in [2.45, 2.75) is 33.2 Å². The van der Waals surface area contributed by atoms with Gasteiger partial charge in [-0.3, -0.25) is 4.79 Å². The molecule has 0 fully saturated rings. The quantitative estimate of drug-likeness (QED) is 0.513. The first-order valence-electron chi connectivity index (χ1n) is 11.6. The highest BCUT2D eigenvalue weighted by Crippen LogP contribution is 2.36. The zero-order valence-corrected chi connectivity index (χ0v) is 19.3. The van der Waals surface area contributed by atoms with E-state index in [4.69, 9.17) is 4.74 Å². The summed E-state index contributed by atoms with van der Waals surface area (Å²) in [5, 5.41) is 4.82. The van der Waals surface area contributed by atoms with E-state index in [0.29, 0.717) is 13.1 Å². The first kappa shape index (κ1) is 22.2. The van der Waals surface area contributed by atoms with Crippen molar-refractivity contribution in [3.8, 4) is 5.75 Å². The Bertz CT molecular complexity index is 1110. The molecule has 1 unspecified atom stereocenters. The van der Waals surface area contributed by atoms with Crippen LogP contribution in [0.25, 0.3) is 16.5 Å². The van der Waals surface area contributed by atoms with Crippen molar-refractivity contribution in [3.63, 3.8) is 0 Å². The number of aryl methyl sites for hydroxylation is 1. The number of rotatable bonds is 9. The van der Waals surface area contributed by atoms with Crippen molar-refractivity contribution in [3.05, 3.63) is 71.4 Å². The van der Waals surface area contributed by atoms with Crippen molar-refractivity contribution in [1.82, 2.24) is 15.2 Å². The standard InChI is InChI=1S/C27H33N3O2/c1-4-30(5-2)27(31)22(17-28-16-20-9-6-7-12-25(20)32-3)15-19-13-14-21-18-29-24-11-8-10-23(19)26(21)24/h6-12,15,18,22,28-29H,4-5,13-14,16-17H2,1-3H3/b19-15+. The van der Waals surface area contributed by atoms with Crippen LogP contribution in [0.15, 0.2) is 54.7 Å². The van der Waals surface area contributed by atoms with Gasteiger partial charge >= 0.3 is 0 Å². The number of nitrogens with one attached hydrogen (secondary N) is 2. The third kappa shape index (κ3) is 4.44. The molecule has 2 N–H and O–H groups in total. The molecule has 5 heteroatoms. The molecule has 1 heterocycles. The van der Waals surface area contributed by atoms with Crippen molar-refractivity contribution in [2.75, 3.05) is 26.7 Å². The largest absolute Gasteiger partial charge is 0.496 e. The Balaban J connectivity index is 1.60. The monoisotopic (exact) mass is 431 g/mol. The van der Waals surface area contributed by atoms with Gasteiger partial charge in [0.1, 0.15) is 5.75 Å². The van der Waals surface area contributed by atoms with E-state index in [1.165, 1.54) is 27.6 Å². The number of allylic oxidation sites excluding steroid dienone is 1. The molecule has 0 bridgehead atoms. The second-order valence-electron chi connectivity index (χ2n) is 8.29. The van der Waals surface area contributed by atoms with Crippen molar-refractivity contribution in [2.24, 2.45) is 5.92 Å². The Labute approximate surface area is 190 Å². The van der Waals surface area contributed by atoms with Gasteiger partial charge in [0.15, 0.2) is 0 Å². The van der Waals surface area contributed by atoms with Crippen LogP contribution in [-0.4, -0.2) is 42.5 Å². The molecule has 1 aliphatic carbocycles. The van der Waals surface area contributed by atoms with E-state index >= 15 is 0 Å². The molecule has 1 atom stereocenters. The number of carbonyl (C=O) groups excluding carboxylic acids is 1. The molecular weight excluding hydrogens is 398 g/mol. The average Bonchev–Trinajstić information content (AvgIpc) is 3.25. The summed E-state index contributed by atoms with van der Waals surface area (Å²) in [6.45, 7) is 6.78. The minimum Gasteiger partial charge on any atom is -0.496 e. The maximum absolute atomic E-state index is 13.4. The van der Waals surface area contributed by atoms with Gasteiger partial charge in [0.25, 0.3) is 0 Å². The van der Waals surface area contributed by atoms with E-state index in [-0.39, 0.29) is 11.8 Å². The van der Waals surface area contributed by atoms with Crippen molar-refractivity contribution < 1.29 is 9.53 Å². The maximum atomic E-state index is 13.4. The summed E-state index contributed by atoms with van der Waals surface area (Å²) in [7, 11) is 1.69. The van der Waals surface area contributed by atoms with Gasteiger partial charge in [-0.05, 0) is 55.5 Å². The van der Waals surface area contributed by atoms with Crippen LogP contribution in [0.5, 0.6) is 5.75 Å². The van der Waals surface area contributed by atoms with Crippen LogP contribution in [0.1, 0.15) is 37.0 Å². The van der Waals surface area contributed by atoms with Crippen LogP contribution >= 0.6 is 0 Å². The normalized spacial score (nSPS) is 15.2. The SMILES string of the molecule is CCN(CC)C(=O)C(/C=C1\CCc2c[nH]c3cccc1c23)CNCc1ccccc1OC. The zero-order valence-electron chi connectivity index (χ0n) is 19.3.